The molecule has 2 N–H and O–H groups in total. The first-order valence-corrected chi connectivity index (χ1v) is 11.4. The van der Waals surface area contributed by atoms with Crippen LogP contribution in [0.1, 0.15) is 6.42 Å². The number of hydrazine groups is 1. The number of hydrogen-bond donors (Lipinski definition) is 2. The van der Waals surface area contributed by atoms with Gasteiger partial charge in [0.05, 0.1) is 44.7 Å². The molecule has 0 aliphatic carbocycles. The molecule has 0 saturated carbocycles. The fourth-order valence-corrected chi connectivity index (χ4v) is 3.93. The first-order chi connectivity index (χ1) is 16.7. The molecule has 2 unspecified atom stereocenters. The van der Waals surface area contributed by atoms with Crippen LogP contribution in [0.5, 0.6) is 0 Å². The summed E-state index contributed by atoms with van der Waals surface area (Å²) < 4.78 is 55.9. The fraction of sp³-hybridized carbons (Fsp3) is 0.700. The third-order valence-corrected chi connectivity index (χ3v) is 5.76. The Morgan fingerprint density at radius 1 is 1.23 bits per heavy atom. The number of piperazine rings is 1. The largest absolute Gasteiger partial charge is 0.403 e. The molecule has 196 valence electrons. The predicted octanol–water partition coefficient (Wildman–Crippen LogP) is 0.398. The molecule has 0 bridgehead atoms. The Hall–Kier alpha value is -2.26. The number of rotatable bonds is 10. The molecule has 0 aromatic carbocycles. The number of anilines is 1. The second-order valence-electron chi connectivity index (χ2n) is 8.03. The van der Waals surface area contributed by atoms with Gasteiger partial charge in [0.25, 0.3) is 0 Å². The van der Waals surface area contributed by atoms with Crippen molar-refractivity contribution < 1.29 is 37.0 Å². The number of amides is 2. The van der Waals surface area contributed by atoms with E-state index < -0.39 is 30.2 Å². The van der Waals surface area contributed by atoms with Gasteiger partial charge in [0, 0.05) is 39.8 Å². The van der Waals surface area contributed by atoms with Crippen LogP contribution in [0.25, 0.3) is 0 Å². The maximum Gasteiger partial charge on any atom is 0.403 e. The zero-order valence-electron chi connectivity index (χ0n) is 19.1. The van der Waals surface area contributed by atoms with E-state index in [1.54, 1.807) is 11.1 Å². The number of nitrogens with one attached hydrogen (secondary N) is 2. The second kappa shape index (κ2) is 12.6. The monoisotopic (exact) mass is 524 g/mol. The number of alkyl halides is 3. The number of methoxy groups -OCH3 is 1. The minimum Gasteiger partial charge on any atom is -0.382 e. The second-order valence-corrected chi connectivity index (χ2v) is 8.42. The van der Waals surface area contributed by atoms with Crippen molar-refractivity contribution in [1.29, 1.82) is 0 Å². The van der Waals surface area contributed by atoms with Crippen molar-refractivity contribution in [3.8, 4) is 0 Å². The van der Waals surface area contributed by atoms with Crippen molar-refractivity contribution in [2.75, 3.05) is 64.6 Å². The molecule has 0 radical (unpaired) electrons. The zero-order valence-corrected chi connectivity index (χ0v) is 19.8. The van der Waals surface area contributed by atoms with E-state index in [0.717, 1.165) is 0 Å². The van der Waals surface area contributed by atoms with Gasteiger partial charge >= 0.3 is 6.18 Å². The van der Waals surface area contributed by atoms with Crippen molar-refractivity contribution in [2.24, 2.45) is 5.92 Å². The molecule has 3 atom stereocenters. The van der Waals surface area contributed by atoms with Crippen LogP contribution in [0.3, 0.4) is 0 Å². The highest BCUT2D eigenvalue weighted by atomic mass is 35.5. The summed E-state index contributed by atoms with van der Waals surface area (Å²) in [6, 6.07) is 0. The van der Waals surface area contributed by atoms with Crippen LogP contribution in [0.2, 0.25) is 5.15 Å². The maximum atomic E-state index is 13.3. The average molecular weight is 525 g/mol. The average Bonchev–Trinajstić information content (AvgIpc) is 2.81. The number of carbonyl (C=O) groups is 2. The van der Waals surface area contributed by atoms with E-state index in [1.165, 1.54) is 13.3 Å². The SMILES string of the molecule is COC[C@@H](COCCC(=O)N1CCN(c2cnc(Cl)cn2)CC1)OC1CNNC(=O)C1C(F)(F)F. The molecule has 2 saturated heterocycles. The molecule has 2 aliphatic rings. The van der Waals surface area contributed by atoms with Crippen molar-refractivity contribution >= 4 is 29.2 Å². The van der Waals surface area contributed by atoms with Gasteiger partial charge in [-0.3, -0.25) is 15.0 Å². The van der Waals surface area contributed by atoms with Gasteiger partial charge in [-0.2, -0.15) is 13.2 Å². The lowest BCUT2D eigenvalue weighted by atomic mass is 9.99. The van der Waals surface area contributed by atoms with E-state index in [0.29, 0.717) is 37.1 Å². The summed E-state index contributed by atoms with van der Waals surface area (Å²) in [4.78, 5) is 36.2. The third kappa shape index (κ3) is 7.87. The van der Waals surface area contributed by atoms with E-state index in [2.05, 4.69) is 15.4 Å². The Morgan fingerprint density at radius 3 is 2.60 bits per heavy atom. The molecule has 0 spiro atoms. The lowest BCUT2D eigenvalue weighted by Crippen LogP contribution is -2.61. The molecule has 1 aromatic rings. The number of nitrogens with zero attached hydrogens (tertiary/aromatic N) is 4. The minimum atomic E-state index is -4.76. The summed E-state index contributed by atoms with van der Waals surface area (Å²) in [6.45, 7) is 1.92. The van der Waals surface area contributed by atoms with Gasteiger partial charge in [-0.15, -0.1) is 0 Å². The van der Waals surface area contributed by atoms with Crippen molar-refractivity contribution in [3.63, 3.8) is 0 Å². The zero-order chi connectivity index (χ0) is 25.4. The highest BCUT2D eigenvalue weighted by Gasteiger charge is 2.52. The Bertz CT molecular complexity index is 842. The van der Waals surface area contributed by atoms with Gasteiger partial charge in [0.15, 0.2) is 5.92 Å². The van der Waals surface area contributed by atoms with Crippen molar-refractivity contribution in [1.82, 2.24) is 25.7 Å². The molecule has 2 amide bonds. The minimum absolute atomic E-state index is 0.0355. The van der Waals surface area contributed by atoms with Crippen LogP contribution >= 0.6 is 11.6 Å². The van der Waals surface area contributed by atoms with Gasteiger partial charge < -0.3 is 24.0 Å². The highest BCUT2D eigenvalue weighted by molar-refractivity contribution is 6.29. The fourth-order valence-electron chi connectivity index (χ4n) is 3.84. The van der Waals surface area contributed by atoms with E-state index in [4.69, 9.17) is 25.8 Å². The molecule has 15 heteroatoms. The summed E-state index contributed by atoms with van der Waals surface area (Å²) in [6.07, 6.45) is -3.88. The molecule has 3 rings (SSSR count). The molecule has 1 aromatic heterocycles. The van der Waals surface area contributed by atoms with Gasteiger partial charge in [-0.05, 0) is 0 Å². The van der Waals surface area contributed by atoms with Crippen LogP contribution in [0.15, 0.2) is 12.4 Å². The summed E-state index contributed by atoms with van der Waals surface area (Å²) >= 11 is 5.76. The Morgan fingerprint density at radius 2 is 1.97 bits per heavy atom. The molecular formula is C20H28ClF3N6O5. The summed E-state index contributed by atoms with van der Waals surface area (Å²) in [5.74, 6) is -2.92. The van der Waals surface area contributed by atoms with E-state index in [-0.39, 0.29) is 38.7 Å². The molecule has 2 aliphatic heterocycles. The Kier molecular flexibility index (Phi) is 9.86. The smallest absolute Gasteiger partial charge is 0.382 e. The van der Waals surface area contributed by atoms with Gasteiger partial charge in [-0.25, -0.2) is 15.4 Å². The molecule has 11 nitrogen and oxygen atoms in total. The number of hydrogen-bond acceptors (Lipinski definition) is 9. The predicted molar refractivity (Wildman–Crippen MR) is 117 cm³/mol. The molecule has 2 fully saturated rings. The normalized spacial score (nSPS) is 22.1. The standard InChI is InChI=1S/C20H28ClF3N6O5/c1-33-11-13(35-14-8-27-28-19(32)18(14)20(22,23)24)12-34-7-2-17(31)30-5-3-29(4-6-30)16-10-25-15(21)9-26-16/h9-10,13-14,18,27H,2-8,11-12H2,1H3,(H,28,32)/t13-,14?,18?/m0/s1. The Balaban J connectivity index is 1.40. The number of aromatic nitrogens is 2. The lowest BCUT2D eigenvalue weighted by molar-refractivity contribution is -0.223. The summed E-state index contributed by atoms with van der Waals surface area (Å²) in [5.41, 5.74) is 4.37. The summed E-state index contributed by atoms with van der Waals surface area (Å²) in [5, 5.41) is 0.307. The molecule has 35 heavy (non-hydrogen) atoms. The Labute approximate surface area is 205 Å². The highest BCUT2D eigenvalue weighted by Crippen LogP contribution is 2.32. The van der Waals surface area contributed by atoms with Gasteiger partial charge in [0.1, 0.15) is 17.1 Å². The van der Waals surface area contributed by atoms with Gasteiger partial charge in [-0.1, -0.05) is 11.6 Å². The number of halogens is 4. The van der Waals surface area contributed by atoms with Crippen molar-refractivity contribution in [3.05, 3.63) is 17.5 Å². The van der Waals surface area contributed by atoms with E-state index >= 15 is 0 Å². The number of ether oxygens (including phenoxy) is 3. The first kappa shape index (κ1) is 27.3. The maximum absolute atomic E-state index is 13.3. The van der Waals surface area contributed by atoms with Gasteiger partial charge in [0.2, 0.25) is 11.8 Å². The quantitative estimate of drug-likeness (QED) is 0.419. The van der Waals surface area contributed by atoms with E-state index in [1.807, 2.05) is 10.3 Å². The van der Waals surface area contributed by atoms with E-state index in [9.17, 15) is 22.8 Å². The van der Waals surface area contributed by atoms with Crippen LogP contribution in [-0.4, -0.2) is 105 Å². The molecule has 3 heterocycles. The number of carbonyl (C=O) groups excluding carboxylic acids is 2. The lowest BCUT2D eigenvalue weighted by Gasteiger charge is -2.35. The third-order valence-electron chi connectivity index (χ3n) is 5.57. The summed E-state index contributed by atoms with van der Waals surface area (Å²) in [7, 11) is 1.38. The van der Waals surface area contributed by atoms with Crippen LogP contribution in [-0.2, 0) is 23.8 Å². The van der Waals surface area contributed by atoms with Crippen molar-refractivity contribution in [2.45, 2.75) is 24.8 Å². The van der Waals surface area contributed by atoms with Crippen LogP contribution in [0, 0.1) is 5.92 Å². The first-order valence-electron chi connectivity index (χ1n) is 11.0. The topological polar surface area (TPSA) is 118 Å². The van der Waals surface area contributed by atoms with Crippen LogP contribution < -0.4 is 15.8 Å². The molecular weight excluding hydrogens is 497 g/mol. The van der Waals surface area contributed by atoms with Crippen LogP contribution in [0.4, 0.5) is 19.0 Å².